The lowest BCUT2D eigenvalue weighted by Gasteiger charge is -2.30. The largest absolute Gasteiger partial charge is 0.480 e. The average Bonchev–Trinajstić information content (AvgIpc) is 2.67. The maximum Gasteiger partial charge on any atom is 0.326 e. The summed E-state index contributed by atoms with van der Waals surface area (Å²) in [6.45, 7) is 0.502. The van der Waals surface area contributed by atoms with Crippen molar-refractivity contribution in [3.63, 3.8) is 0 Å². The van der Waals surface area contributed by atoms with Crippen LogP contribution >= 0.6 is 11.8 Å². The van der Waals surface area contributed by atoms with Gasteiger partial charge in [0.15, 0.2) is 0 Å². The normalized spacial score (nSPS) is 21.1. The quantitative estimate of drug-likeness (QED) is 0.684. The molecule has 2 amide bonds. The first kappa shape index (κ1) is 17.1. The van der Waals surface area contributed by atoms with Crippen LogP contribution in [0.3, 0.4) is 0 Å². The summed E-state index contributed by atoms with van der Waals surface area (Å²) in [5, 5.41) is 21.1. The number of aliphatic hydroxyl groups is 1. The minimum absolute atomic E-state index is 0.0734. The number of urea groups is 1. The predicted octanol–water partition coefficient (Wildman–Crippen LogP) is 1.14. The summed E-state index contributed by atoms with van der Waals surface area (Å²) in [5.41, 5.74) is 0. The molecule has 20 heavy (non-hydrogen) atoms. The van der Waals surface area contributed by atoms with E-state index in [-0.39, 0.29) is 18.7 Å². The summed E-state index contributed by atoms with van der Waals surface area (Å²) in [6, 6.07) is -1.44. The van der Waals surface area contributed by atoms with Crippen LogP contribution in [-0.4, -0.2) is 64.4 Å². The van der Waals surface area contributed by atoms with Crippen molar-refractivity contribution in [3.05, 3.63) is 0 Å². The highest BCUT2D eigenvalue weighted by Crippen LogP contribution is 2.16. The second kappa shape index (κ2) is 9.07. The number of likely N-dealkylation sites (tertiary alicyclic amines) is 1. The Balaban J connectivity index is 2.62. The number of thioether (sulfide) groups is 1. The van der Waals surface area contributed by atoms with E-state index in [1.54, 1.807) is 16.7 Å². The molecule has 3 N–H and O–H groups in total. The van der Waals surface area contributed by atoms with E-state index in [0.29, 0.717) is 18.7 Å². The summed E-state index contributed by atoms with van der Waals surface area (Å²) in [4.78, 5) is 25.0. The Morgan fingerprint density at radius 3 is 2.75 bits per heavy atom. The van der Waals surface area contributed by atoms with Crippen molar-refractivity contribution in [2.75, 3.05) is 25.2 Å². The van der Waals surface area contributed by atoms with Gasteiger partial charge in [-0.1, -0.05) is 12.8 Å². The summed E-state index contributed by atoms with van der Waals surface area (Å²) in [5.74, 6) is -0.330. The second-order valence-electron chi connectivity index (χ2n) is 5.00. The molecule has 116 valence electrons. The lowest BCUT2D eigenvalue weighted by Crippen LogP contribution is -2.52. The minimum Gasteiger partial charge on any atom is -0.480 e. The molecule has 0 aromatic heterocycles. The van der Waals surface area contributed by atoms with Crippen LogP contribution in [0, 0.1) is 0 Å². The molecule has 0 aromatic carbocycles. The Hall–Kier alpha value is -0.950. The highest BCUT2D eigenvalue weighted by Gasteiger charge is 2.28. The lowest BCUT2D eigenvalue weighted by molar-refractivity contribution is -0.139. The molecule has 1 saturated heterocycles. The first-order valence-corrected chi connectivity index (χ1v) is 8.39. The van der Waals surface area contributed by atoms with Gasteiger partial charge in [0, 0.05) is 6.54 Å². The third-order valence-electron chi connectivity index (χ3n) is 3.56. The average molecular weight is 304 g/mol. The van der Waals surface area contributed by atoms with Crippen molar-refractivity contribution in [3.8, 4) is 0 Å². The zero-order chi connectivity index (χ0) is 15.0. The van der Waals surface area contributed by atoms with Crippen molar-refractivity contribution in [2.24, 2.45) is 0 Å². The number of hydrogen-bond acceptors (Lipinski definition) is 4. The summed E-state index contributed by atoms with van der Waals surface area (Å²) < 4.78 is 0. The van der Waals surface area contributed by atoms with Crippen LogP contribution in [0.5, 0.6) is 0 Å². The van der Waals surface area contributed by atoms with Gasteiger partial charge in [0.05, 0.1) is 12.6 Å². The topological polar surface area (TPSA) is 89.9 Å². The molecule has 0 radical (unpaired) electrons. The number of carbonyl (C=O) groups is 2. The van der Waals surface area contributed by atoms with Gasteiger partial charge < -0.3 is 20.4 Å². The molecule has 0 bridgehead atoms. The van der Waals surface area contributed by atoms with Crippen molar-refractivity contribution >= 4 is 23.8 Å². The van der Waals surface area contributed by atoms with Gasteiger partial charge in [0.2, 0.25) is 0 Å². The summed E-state index contributed by atoms with van der Waals surface area (Å²) in [7, 11) is 0. The molecule has 0 spiro atoms. The van der Waals surface area contributed by atoms with Gasteiger partial charge in [0.1, 0.15) is 6.04 Å². The zero-order valence-electron chi connectivity index (χ0n) is 11.9. The van der Waals surface area contributed by atoms with Crippen LogP contribution in [0.2, 0.25) is 0 Å². The van der Waals surface area contributed by atoms with E-state index in [1.165, 1.54) is 0 Å². The molecular formula is C13H24N2O4S. The summed E-state index contributed by atoms with van der Waals surface area (Å²) >= 11 is 1.55. The van der Waals surface area contributed by atoms with E-state index in [0.717, 1.165) is 25.7 Å². The van der Waals surface area contributed by atoms with E-state index in [1.807, 2.05) is 6.26 Å². The third-order valence-corrected chi connectivity index (χ3v) is 4.20. The van der Waals surface area contributed by atoms with Gasteiger partial charge in [-0.15, -0.1) is 0 Å². The van der Waals surface area contributed by atoms with Gasteiger partial charge in [-0.25, -0.2) is 9.59 Å². The van der Waals surface area contributed by atoms with Crippen LogP contribution in [0.4, 0.5) is 4.79 Å². The number of carboxylic acid groups (broad SMARTS) is 1. The van der Waals surface area contributed by atoms with Gasteiger partial charge in [-0.05, 0) is 31.3 Å². The number of nitrogens with one attached hydrogen (secondary N) is 1. The van der Waals surface area contributed by atoms with Gasteiger partial charge in [-0.3, -0.25) is 0 Å². The number of rotatable bonds is 6. The molecular weight excluding hydrogens is 280 g/mol. The number of aliphatic carboxylic acids is 1. The van der Waals surface area contributed by atoms with E-state index in [2.05, 4.69) is 5.32 Å². The Kier molecular flexibility index (Phi) is 7.76. The van der Waals surface area contributed by atoms with Crippen LogP contribution < -0.4 is 5.32 Å². The van der Waals surface area contributed by atoms with E-state index >= 15 is 0 Å². The Bertz CT molecular complexity index is 327. The van der Waals surface area contributed by atoms with Crippen LogP contribution in [0.1, 0.15) is 32.1 Å². The molecule has 2 unspecified atom stereocenters. The molecule has 6 nitrogen and oxygen atoms in total. The highest BCUT2D eigenvalue weighted by molar-refractivity contribution is 7.98. The number of nitrogens with zero attached hydrogens (tertiary/aromatic N) is 1. The molecule has 1 aliphatic rings. The maximum absolute atomic E-state index is 12.2. The van der Waals surface area contributed by atoms with E-state index < -0.39 is 12.0 Å². The molecule has 0 aliphatic carbocycles. The molecule has 2 atom stereocenters. The van der Waals surface area contributed by atoms with E-state index in [9.17, 15) is 14.7 Å². The predicted molar refractivity (Wildman–Crippen MR) is 79.0 cm³/mol. The monoisotopic (exact) mass is 304 g/mol. The van der Waals surface area contributed by atoms with Gasteiger partial charge >= 0.3 is 12.0 Å². The number of amides is 2. The fourth-order valence-electron chi connectivity index (χ4n) is 2.36. The van der Waals surface area contributed by atoms with Crippen molar-refractivity contribution in [1.82, 2.24) is 10.2 Å². The third kappa shape index (κ3) is 5.20. The number of carbonyl (C=O) groups excluding carboxylic acids is 1. The first-order chi connectivity index (χ1) is 9.60. The Morgan fingerprint density at radius 1 is 1.40 bits per heavy atom. The number of hydrogen-bond donors (Lipinski definition) is 3. The van der Waals surface area contributed by atoms with Crippen LogP contribution in [0.15, 0.2) is 0 Å². The highest BCUT2D eigenvalue weighted by atomic mass is 32.2. The van der Waals surface area contributed by atoms with Crippen LogP contribution in [-0.2, 0) is 4.79 Å². The smallest absolute Gasteiger partial charge is 0.326 e. The molecule has 0 aromatic rings. The molecule has 7 heteroatoms. The molecule has 1 aliphatic heterocycles. The molecule has 1 fully saturated rings. The molecule has 1 rings (SSSR count). The summed E-state index contributed by atoms with van der Waals surface area (Å²) in [6.07, 6.45) is 6.00. The minimum atomic E-state index is -1.01. The van der Waals surface area contributed by atoms with Crippen molar-refractivity contribution in [1.29, 1.82) is 0 Å². The Morgan fingerprint density at radius 2 is 2.15 bits per heavy atom. The SMILES string of the molecule is CSCCC(NC(=O)N1CCCCCC1CO)C(=O)O. The number of carboxylic acids is 1. The Labute approximate surface area is 123 Å². The van der Waals surface area contributed by atoms with Crippen molar-refractivity contribution < 1.29 is 19.8 Å². The maximum atomic E-state index is 12.2. The zero-order valence-corrected chi connectivity index (χ0v) is 12.7. The first-order valence-electron chi connectivity index (χ1n) is 7.00. The number of aliphatic hydroxyl groups excluding tert-OH is 1. The second-order valence-corrected chi connectivity index (χ2v) is 5.99. The molecule has 0 saturated carbocycles. The lowest BCUT2D eigenvalue weighted by atomic mass is 10.1. The molecule has 1 heterocycles. The van der Waals surface area contributed by atoms with Crippen molar-refractivity contribution in [2.45, 2.75) is 44.2 Å². The van der Waals surface area contributed by atoms with Gasteiger partial charge in [-0.2, -0.15) is 11.8 Å². The van der Waals surface area contributed by atoms with Gasteiger partial charge in [0.25, 0.3) is 0 Å². The standard InChI is InChI=1S/C13H24N2O4S/c1-20-8-6-11(12(17)18)14-13(19)15-7-4-2-3-5-10(15)9-16/h10-11,16H,2-9H2,1H3,(H,14,19)(H,17,18). The fraction of sp³-hybridized carbons (Fsp3) is 0.846. The fourth-order valence-corrected chi connectivity index (χ4v) is 2.83. The van der Waals surface area contributed by atoms with Crippen LogP contribution in [0.25, 0.3) is 0 Å². The van der Waals surface area contributed by atoms with E-state index in [4.69, 9.17) is 5.11 Å².